The maximum Gasteiger partial charge on any atom is 0.272 e. The predicted octanol–water partition coefficient (Wildman–Crippen LogP) is 2.64. The van der Waals surface area contributed by atoms with Crippen LogP contribution in [0.4, 0.5) is 5.69 Å². The molecule has 0 aliphatic rings. The molecule has 2 aromatic rings. The molecule has 0 aliphatic heterocycles. The Labute approximate surface area is 135 Å². The van der Waals surface area contributed by atoms with Crippen LogP contribution in [-0.2, 0) is 6.54 Å². The summed E-state index contributed by atoms with van der Waals surface area (Å²) in [7, 11) is 0. The Balaban J connectivity index is 2.17. The molecule has 0 spiro atoms. The molecule has 2 aromatic heterocycles. The first-order valence-corrected chi connectivity index (χ1v) is 8.03. The third kappa shape index (κ3) is 3.78. The molecule has 2 rings (SSSR count). The van der Waals surface area contributed by atoms with Crippen molar-refractivity contribution in [2.24, 2.45) is 5.84 Å². The molecule has 0 saturated carbocycles. The monoisotopic (exact) mass is 369 g/mol. The topological polar surface area (TPSA) is 92.9 Å². The number of hydrogen-bond acceptors (Lipinski definition) is 6. The number of nitrogens with zero attached hydrogens (tertiary/aromatic N) is 2. The lowest BCUT2D eigenvalue weighted by Gasteiger charge is -2.11. The van der Waals surface area contributed by atoms with Crippen LogP contribution in [0.1, 0.15) is 41.0 Å². The standard InChI is InChI=1S/C13H16BrN5OS/c1-7(2)12-16-5-9(19-15)11(18-12)13(20)17-6-10-8(14)3-4-21-10/h3-5,7,19H,6,15H2,1-2H3,(H,17,20). The Morgan fingerprint density at radius 2 is 2.29 bits per heavy atom. The van der Waals surface area contributed by atoms with Gasteiger partial charge < -0.3 is 10.7 Å². The van der Waals surface area contributed by atoms with E-state index >= 15 is 0 Å². The normalized spacial score (nSPS) is 10.7. The van der Waals surface area contributed by atoms with E-state index in [4.69, 9.17) is 5.84 Å². The van der Waals surface area contributed by atoms with Gasteiger partial charge in [-0.1, -0.05) is 13.8 Å². The molecule has 8 heteroatoms. The molecule has 1 amide bonds. The van der Waals surface area contributed by atoms with E-state index in [1.165, 1.54) is 6.20 Å². The number of thiophene rings is 1. The van der Waals surface area contributed by atoms with Gasteiger partial charge in [-0.25, -0.2) is 9.97 Å². The van der Waals surface area contributed by atoms with Crippen molar-refractivity contribution < 1.29 is 4.79 Å². The van der Waals surface area contributed by atoms with Crippen molar-refractivity contribution in [3.63, 3.8) is 0 Å². The largest absolute Gasteiger partial charge is 0.346 e. The lowest BCUT2D eigenvalue weighted by molar-refractivity contribution is 0.0946. The Kier molecular flexibility index (Phi) is 5.27. The summed E-state index contributed by atoms with van der Waals surface area (Å²) in [5.74, 6) is 5.87. The van der Waals surface area contributed by atoms with Crippen LogP contribution in [-0.4, -0.2) is 15.9 Å². The second kappa shape index (κ2) is 6.97. The van der Waals surface area contributed by atoms with Crippen LogP contribution in [0.2, 0.25) is 0 Å². The van der Waals surface area contributed by atoms with Crippen LogP contribution in [0.15, 0.2) is 22.1 Å². The number of nitrogens with two attached hydrogens (primary N) is 1. The Morgan fingerprint density at radius 1 is 1.52 bits per heavy atom. The van der Waals surface area contributed by atoms with Crippen molar-refractivity contribution in [1.82, 2.24) is 15.3 Å². The minimum Gasteiger partial charge on any atom is -0.346 e. The third-order valence-electron chi connectivity index (χ3n) is 2.79. The molecular formula is C13H16BrN5OS. The summed E-state index contributed by atoms with van der Waals surface area (Å²) in [4.78, 5) is 21.8. The predicted molar refractivity (Wildman–Crippen MR) is 87.1 cm³/mol. The van der Waals surface area contributed by atoms with E-state index in [9.17, 15) is 4.79 Å². The summed E-state index contributed by atoms with van der Waals surface area (Å²) in [6.45, 7) is 4.37. The average molecular weight is 370 g/mol. The number of nitrogen functional groups attached to an aromatic ring is 1. The molecule has 4 N–H and O–H groups in total. The zero-order valence-electron chi connectivity index (χ0n) is 11.7. The molecule has 0 unspecified atom stereocenters. The second-order valence-corrected chi connectivity index (χ2v) is 6.52. The molecule has 0 fully saturated rings. The Bertz CT molecular complexity index is 643. The van der Waals surface area contributed by atoms with Crippen molar-refractivity contribution in [2.45, 2.75) is 26.3 Å². The number of amides is 1. The second-order valence-electron chi connectivity index (χ2n) is 4.66. The highest BCUT2D eigenvalue weighted by atomic mass is 79.9. The van der Waals surface area contributed by atoms with Gasteiger partial charge in [0, 0.05) is 15.3 Å². The number of nitrogens with one attached hydrogen (secondary N) is 2. The van der Waals surface area contributed by atoms with Gasteiger partial charge in [0.15, 0.2) is 5.69 Å². The van der Waals surface area contributed by atoms with Gasteiger partial charge in [-0.15, -0.1) is 11.3 Å². The summed E-state index contributed by atoms with van der Waals surface area (Å²) in [6.07, 6.45) is 1.53. The molecule has 0 bridgehead atoms. The van der Waals surface area contributed by atoms with Crippen LogP contribution in [0.3, 0.4) is 0 Å². The molecular weight excluding hydrogens is 354 g/mol. The van der Waals surface area contributed by atoms with Gasteiger partial charge in [-0.3, -0.25) is 10.6 Å². The summed E-state index contributed by atoms with van der Waals surface area (Å²) < 4.78 is 0.982. The SMILES string of the molecule is CC(C)c1ncc(NN)c(C(=O)NCc2sccc2Br)n1. The van der Waals surface area contributed by atoms with Crippen LogP contribution in [0.5, 0.6) is 0 Å². The quantitative estimate of drug-likeness (QED) is 0.556. The number of halogens is 1. The smallest absolute Gasteiger partial charge is 0.272 e. The van der Waals surface area contributed by atoms with E-state index in [0.29, 0.717) is 18.1 Å². The summed E-state index contributed by atoms with van der Waals surface area (Å²) in [5, 5.41) is 4.80. The minimum absolute atomic E-state index is 0.134. The van der Waals surface area contributed by atoms with Crippen molar-refractivity contribution in [3.05, 3.63) is 38.5 Å². The minimum atomic E-state index is -0.285. The van der Waals surface area contributed by atoms with E-state index in [-0.39, 0.29) is 17.5 Å². The summed E-state index contributed by atoms with van der Waals surface area (Å²) in [5.41, 5.74) is 3.11. The first kappa shape index (κ1) is 15.9. The first-order chi connectivity index (χ1) is 10.0. The average Bonchev–Trinajstić information content (AvgIpc) is 2.89. The Hall–Kier alpha value is -1.51. The molecule has 0 aliphatic carbocycles. The third-order valence-corrected chi connectivity index (χ3v) is 4.72. The number of hydrogen-bond donors (Lipinski definition) is 3. The number of carbonyl (C=O) groups is 1. The van der Waals surface area contributed by atoms with Crippen LogP contribution in [0.25, 0.3) is 0 Å². The molecule has 0 atom stereocenters. The molecule has 2 heterocycles. The van der Waals surface area contributed by atoms with Gasteiger partial charge in [-0.05, 0) is 27.4 Å². The lowest BCUT2D eigenvalue weighted by atomic mass is 10.2. The number of hydrazine groups is 1. The van der Waals surface area contributed by atoms with E-state index in [1.54, 1.807) is 11.3 Å². The molecule has 21 heavy (non-hydrogen) atoms. The van der Waals surface area contributed by atoms with Gasteiger partial charge in [-0.2, -0.15) is 0 Å². The van der Waals surface area contributed by atoms with Crippen molar-refractivity contribution in [1.29, 1.82) is 0 Å². The highest BCUT2D eigenvalue weighted by Crippen LogP contribution is 2.22. The maximum atomic E-state index is 12.3. The maximum absolute atomic E-state index is 12.3. The van der Waals surface area contributed by atoms with Crippen LogP contribution in [0, 0.1) is 0 Å². The fourth-order valence-corrected chi connectivity index (χ4v) is 3.08. The number of anilines is 1. The van der Waals surface area contributed by atoms with Gasteiger partial charge in [0.25, 0.3) is 5.91 Å². The molecule has 0 aromatic carbocycles. The molecule has 6 nitrogen and oxygen atoms in total. The van der Waals surface area contributed by atoms with Crippen molar-refractivity contribution in [3.8, 4) is 0 Å². The van der Waals surface area contributed by atoms with Crippen LogP contribution < -0.4 is 16.6 Å². The summed E-state index contributed by atoms with van der Waals surface area (Å²) >= 11 is 5.00. The van der Waals surface area contributed by atoms with E-state index in [0.717, 1.165) is 9.35 Å². The van der Waals surface area contributed by atoms with Gasteiger partial charge in [0.2, 0.25) is 0 Å². The van der Waals surface area contributed by atoms with Crippen LogP contribution >= 0.6 is 27.3 Å². The zero-order chi connectivity index (χ0) is 15.4. The van der Waals surface area contributed by atoms with E-state index in [2.05, 4.69) is 36.6 Å². The van der Waals surface area contributed by atoms with Crippen molar-refractivity contribution in [2.75, 3.05) is 5.43 Å². The Morgan fingerprint density at radius 3 is 2.86 bits per heavy atom. The fourth-order valence-electron chi connectivity index (χ4n) is 1.65. The zero-order valence-corrected chi connectivity index (χ0v) is 14.1. The van der Waals surface area contributed by atoms with Gasteiger partial charge >= 0.3 is 0 Å². The molecule has 0 radical (unpaired) electrons. The number of aromatic nitrogens is 2. The summed E-state index contributed by atoms with van der Waals surface area (Å²) in [6, 6.07) is 1.95. The highest BCUT2D eigenvalue weighted by molar-refractivity contribution is 9.10. The molecule has 112 valence electrons. The first-order valence-electron chi connectivity index (χ1n) is 6.36. The fraction of sp³-hybridized carbons (Fsp3) is 0.308. The number of rotatable bonds is 5. The molecule has 0 saturated heterocycles. The van der Waals surface area contributed by atoms with Gasteiger partial charge in [0.1, 0.15) is 5.82 Å². The van der Waals surface area contributed by atoms with E-state index in [1.807, 2.05) is 25.3 Å². The van der Waals surface area contributed by atoms with Gasteiger partial charge in [0.05, 0.1) is 18.4 Å². The van der Waals surface area contributed by atoms with E-state index < -0.39 is 0 Å². The lowest BCUT2D eigenvalue weighted by Crippen LogP contribution is -2.26. The van der Waals surface area contributed by atoms with Crippen molar-refractivity contribution >= 4 is 38.9 Å². The number of carbonyl (C=O) groups excluding carboxylic acids is 1. The highest BCUT2D eigenvalue weighted by Gasteiger charge is 2.16.